The predicted molar refractivity (Wildman–Crippen MR) is 157 cm³/mol. The van der Waals surface area contributed by atoms with E-state index in [1.165, 1.54) is 12.8 Å². The quantitative estimate of drug-likeness (QED) is 0.284. The molecular formula is C35H54O8. The number of fused-ring (bicyclic) bond motifs is 4. The molecule has 5 aliphatic carbocycles. The van der Waals surface area contributed by atoms with Gasteiger partial charge in [-0.3, -0.25) is 0 Å². The van der Waals surface area contributed by atoms with Crippen LogP contribution in [-0.4, -0.2) is 81.8 Å². The zero-order chi connectivity index (χ0) is 30.7. The number of hydrogen-bond acceptors (Lipinski definition) is 8. The van der Waals surface area contributed by atoms with E-state index in [9.17, 15) is 20.4 Å². The van der Waals surface area contributed by atoms with Crippen molar-refractivity contribution >= 4 is 0 Å². The Labute approximate surface area is 256 Å². The summed E-state index contributed by atoms with van der Waals surface area (Å²) in [6, 6.07) is 0. The number of rotatable bonds is 3. The first-order chi connectivity index (χ1) is 20.1. The minimum absolute atomic E-state index is 0.0326. The third-order valence-corrected chi connectivity index (χ3v) is 15.7. The highest BCUT2D eigenvalue weighted by atomic mass is 16.8. The van der Waals surface area contributed by atoms with Crippen molar-refractivity contribution in [2.24, 2.45) is 50.7 Å². The van der Waals surface area contributed by atoms with E-state index in [1.54, 1.807) is 0 Å². The minimum atomic E-state index is -1.27. The molecule has 8 nitrogen and oxygen atoms in total. The largest absolute Gasteiger partial charge is 0.388 e. The summed E-state index contributed by atoms with van der Waals surface area (Å²) in [7, 11) is 0. The highest BCUT2D eigenvalue weighted by Crippen LogP contribution is 2.90. The van der Waals surface area contributed by atoms with Crippen molar-refractivity contribution in [3.8, 4) is 0 Å². The van der Waals surface area contributed by atoms with Gasteiger partial charge in [0.05, 0.1) is 18.8 Å². The van der Waals surface area contributed by atoms with Gasteiger partial charge >= 0.3 is 0 Å². The summed E-state index contributed by atoms with van der Waals surface area (Å²) >= 11 is 0. The van der Waals surface area contributed by atoms with E-state index in [1.807, 2.05) is 6.92 Å². The van der Waals surface area contributed by atoms with Gasteiger partial charge in [-0.05, 0) is 103 Å². The normalized spacial score (nSPS) is 62.8. The average Bonchev–Trinajstić information content (AvgIpc) is 3.46. The van der Waals surface area contributed by atoms with E-state index in [0.717, 1.165) is 44.1 Å². The van der Waals surface area contributed by atoms with Crippen molar-refractivity contribution in [2.75, 3.05) is 6.61 Å². The van der Waals surface area contributed by atoms with Crippen molar-refractivity contribution in [3.63, 3.8) is 0 Å². The summed E-state index contributed by atoms with van der Waals surface area (Å²) in [5.41, 5.74) is 0.877. The van der Waals surface area contributed by atoms with E-state index in [2.05, 4.69) is 41.2 Å². The standard InChI is InChI=1S/C35H54O8/c1-17(2)26-20-14-18(3)27-31(6)12-13-34-16-33(34)11-10-23(41-28-25(38)24(37)19(36)15-40-28)30(4,5)21(33)8-9-22(34)32(31,7)29(39)35(27,42-20)43-26/h18-29,36-39H,1,8-16H2,2-7H3/t18-,19-,20-,21+,22+,23-,24+,25-,26+,27?,28+,29+,31-,32-,33-,34?,35+/m1/s1. The molecule has 17 atom stereocenters. The van der Waals surface area contributed by atoms with Crippen LogP contribution in [0.25, 0.3) is 0 Å². The Bertz CT molecular complexity index is 1210. The lowest BCUT2D eigenvalue weighted by Crippen LogP contribution is -2.61. The number of aliphatic hydroxyl groups excluding tert-OH is 4. The second kappa shape index (κ2) is 8.85. The molecule has 8 heteroatoms. The molecule has 8 aliphatic rings. The molecule has 4 N–H and O–H groups in total. The van der Waals surface area contributed by atoms with Gasteiger partial charge < -0.3 is 39.4 Å². The first-order valence-corrected chi connectivity index (χ1v) is 17.1. The van der Waals surface area contributed by atoms with Gasteiger partial charge in [0.25, 0.3) is 0 Å². The number of hydrogen-bond donors (Lipinski definition) is 4. The molecule has 0 aromatic heterocycles. The van der Waals surface area contributed by atoms with Gasteiger partial charge in [0.1, 0.15) is 30.5 Å². The molecule has 3 saturated heterocycles. The molecule has 43 heavy (non-hydrogen) atoms. The molecule has 8 fully saturated rings. The van der Waals surface area contributed by atoms with Gasteiger partial charge in [0.2, 0.25) is 0 Å². The van der Waals surface area contributed by atoms with E-state index >= 15 is 0 Å². The fourth-order valence-electron chi connectivity index (χ4n) is 13.8. The topological polar surface area (TPSA) is 118 Å². The minimum Gasteiger partial charge on any atom is -0.388 e. The predicted octanol–water partition coefficient (Wildman–Crippen LogP) is 3.93. The molecule has 3 aliphatic heterocycles. The molecule has 0 aromatic carbocycles. The van der Waals surface area contributed by atoms with Crippen LogP contribution in [0, 0.1) is 50.7 Å². The highest BCUT2D eigenvalue weighted by molar-refractivity contribution is 5.34. The van der Waals surface area contributed by atoms with Gasteiger partial charge in [-0.1, -0.05) is 41.2 Å². The van der Waals surface area contributed by atoms with Crippen LogP contribution in [0.3, 0.4) is 0 Å². The summed E-state index contributed by atoms with van der Waals surface area (Å²) < 4.78 is 25.9. The third kappa shape index (κ3) is 3.26. The summed E-state index contributed by atoms with van der Waals surface area (Å²) in [5, 5.41) is 43.4. The number of ether oxygens (including phenoxy) is 4. The lowest BCUT2D eigenvalue weighted by molar-refractivity contribution is -0.303. The van der Waals surface area contributed by atoms with Gasteiger partial charge in [-0.15, -0.1) is 0 Å². The Balaban J connectivity index is 1.10. The van der Waals surface area contributed by atoms with Crippen LogP contribution in [0.1, 0.15) is 92.9 Å². The van der Waals surface area contributed by atoms with Crippen LogP contribution < -0.4 is 0 Å². The number of aliphatic hydroxyl groups is 4. The van der Waals surface area contributed by atoms with E-state index in [0.29, 0.717) is 17.8 Å². The van der Waals surface area contributed by atoms with Gasteiger partial charge in [0, 0.05) is 11.3 Å². The van der Waals surface area contributed by atoms with E-state index in [-0.39, 0.29) is 57.9 Å². The Morgan fingerprint density at radius 1 is 0.884 bits per heavy atom. The average molecular weight is 603 g/mol. The van der Waals surface area contributed by atoms with E-state index < -0.39 is 36.5 Å². The molecule has 3 heterocycles. The van der Waals surface area contributed by atoms with Crippen LogP contribution >= 0.6 is 0 Å². The van der Waals surface area contributed by atoms with Crippen molar-refractivity contribution < 1.29 is 39.4 Å². The maximum Gasteiger partial charge on any atom is 0.199 e. The zero-order valence-electron chi connectivity index (χ0n) is 26.9. The second-order valence-electron chi connectivity index (χ2n) is 17.5. The molecular weight excluding hydrogens is 548 g/mol. The Morgan fingerprint density at radius 2 is 1.58 bits per heavy atom. The second-order valence-corrected chi connectivity index (χ2v) is 17.5. The SMILES string of the molecule is C=C(C)[C@@H]1O[C@@]23O[C@@H]1C[C@@H](C)C2[C@@]1(C)CCC24C[C@@]25CC[C@@H](O[C@@H]2OC[C@@H](O)[C@H](O)[C@H]2O)C(C)(C)[C@@H]5CC[C@H]4[C@]1(C)[C@@H]3O. The van der Waals surface area contributed by atoms with Crippen LogP contribution in [0.15, 0.2) is 12.2 Å². The Kier molecular flexibility index (Phi) is 6.14. The molecule has 8 rings (SSSR count). The molecule has 3 spiro atoms. The fourth-order valence-corrected chi connectivity index (χ4v) is 13.8. The third-order valence-electron chi connectivity index (χ3n) is 15.7. The lowest BCUT2D eigenvalue weighted by atomic mass is 9.41. The van der Waals surface area contributed by atoms with Crippen LogP contribution in [-0.2, 0) is 18.9 Å². The van der Waals surface area contributed by atoms with Crippen LogP contribution in [0.2, 0.25) is 0 Å². The molecule has 0 aromatic rings. The molecule has 0 radical (unpaired) electrons. The first kappa shape index (κ1) is 29.8. The fraction of sp³-hybridized carbons (Fsp3) is 0.943. The molecule has 2 unspecified atom stereocenters. The monoisotopic (exact) mass is 602 g/mol. The van der Waals surface area contributed by atoms with E-state index in [4.69, 9.17) is 18.9 Å². The summed E-state index contributed by atoms with van der Waals surface area (Å²) in [6.45, 7) is 18.1. The summed E-state index contributed by atoms with van der Waals surface area (Å²) in [6.07, 6.45) is 2.97. The summed E-state index contributed by atoms with van der Waals surface area (Å²) in [4.78, 5) is 0. The smallest absolute Gasteiger partial charge is 0.199 e. The molecule has 242 valence electrons. The van der Waals surface area contributed by atoms with Gasteiger partial charge in [-0.25, -0.2) is 0 Å². The van der Waals surface area contributed by atoms with Gasteiger partial charge in [-0.2, -0.15) is 0 Å². The van der Waals surface area contributed by atoms with Gasteiger partial charge in [0.15, 0.2) is 12.1 Å². The lowest BCUT2D eigenvalue weighted by Gasteiger charge is -2.63. The summed E-state index contributed by atoms with van der Waals surface area (Å²) in [5.74, 6) is 0.477. The molecule has 0 amide bonds. The Hall–Kier alpha value is -0.580. The molecule has 5 saturated carbocycles. The van der Waals surface area contributed by atoms with Crippen LogP contribution in [0.4, 0.5) is 0 Å². The zero-order valence-corrected chi connectivity index (χ0v) is 26.9. The van der Waals surface area contributed by atoms with Crippen LogP contribution in [0.5, 0.6) is 0 Å². The van der Waals surface area contributed by atoms with Crippen molar-refractivity contribution in [1.82, 2.24) is 0 Å². The van der Waals surface area contributed by atoms with Crippen molar-refractivity contribution in [2.45, 2.75) is 148 Å². The Morgan fingerprint density at radius 3 is 2.30 bits per heavy atom. The van der Waals surface area contributed by atoms with Crippen molar-refractivity contribution in [3.05, 3.63) is 12.2 Å². The molecule has 2 bridgehead atoms. The maximum atomic E-state index is 12.6. The first-order valence-electron chi connectivity index (χ1n) is 17.1. The maximum absolute atomic E-state index is 12.6. The highest BCUT2D eigenvalue weighted by Gasteiger charge is 2.88. The van der Waals surface area contributed by atoms with Crippen molar-refractivity contribution in [1.29, 1.82) is 0 Å².